The van der Waals surface area contributed by atoms with E-state index in [0.717, 1.165) is 12.1 Å². The van der Waals surface area contributed by atoms with Gasteiger partial charge in [-0.05, 0) is 43.4 Å². The summed E-state index contributed by atoms with van der Waals surface area (Å²) in [6, 6.07) is 2.05. The molecular weight excluding hydrogens is 226 g/mol. The summed E-state index contributed by atoms with van der Waals surface area (Å²) in [7, 11) is 0. The van der Waals surface area contributed by atoms with E-state index in [1.54, 1.807) is 6.08 Å². The lowest BCUT2D eigenvalue weighted by Crippen LogP contribution is -2.06. The van der Waals surface area contributed by atoms with Crippen molar-refractivity contribution in [3.63, 3.8) is 0 Å². The first-order chi connectivity index (χ1) is 6.31. The van der Waals surface area contributed by atoms with Crippen LogP contribution in [-0.4, -0.2) is 4.98 Å². The molecule has 0 N–H and O–H groups in total. The summed E-state index contributed by atoms with van der Waals surface area (Å²) >= 11 is 3.59. The van der Waals surface area contributed by atoms with E-state index < -0.39 is 0 Å². The highest BCUT2D eigenvalue weighted by atomic mass is 79.9. The molecular formula is C11H12BrN. The molecule has 0 aromatic carbocycles. The number of aromatic nitrogens is 1. The molecule has 0 bridgehead atoms. The Morgan fingerprint density at radius 2 is 2.15 bits per heavy atom. The van der Waals surface area contributed by atoms with Crippen LogP contribution < -0.4 is 0 Å². The largest absolute Gasteiger partial charge is 0.253 e. The number of pyridine rings is 1. The smallest absolute Gasteiger partial charge is 0.0638 e. The standard InChI is InChI=1S/C11H12BrN/c1-2-8-7-10(12)9-5-3-4-6-11(9)13-8/h2,7H,1,3-6H2. The lowest BCUT2D eigenvalue weighted by molar-refractivity contribution is 0.664. The molecule has 0 aliphatic heterocycles. The second kappa shape index (κ2) is 3.62. The zero-order valence-corrected chi connectivity index (χ0v) is 9.10. The van der Waals surface area contributed by atoms with Crippen LogP contribution in [0.4, 0.5) is 0 Å². The number of hydrogen-bond acceptors (Lipinski definition) is 1. The third-order valence-corrected chi connectivity index (χ3v) is 3.18. The van der Waals surface area contributed by atoms with E-state index in [4.69, 9.17) is 0 Å². The van der Waals surface area contributed by atoms with E-state index in [0.29, 0.717) is 0 Å². The number of hydrogen-bond donors (Lipinski definition) is 0. The summed E-state index contributed by atoms with van der Waals surface area (Å²) in [4.78, 5) is 4.54. The molecule has 2 heteroatoms. The van der Waals surface area contributed by atoms with Crippen molar-refractivity contribution in [3.05, 3.63) is 34.1 Å². The van der Waals surface area contributed by atoms with Crippen molar-refractivity contribution in [2.45, 2.75) is 25.7 Å². The van der Waals surface area contributed by atoms with Gasteiger partial charge in [0.05, 0.1) is 5.69 Å². The van der Waals surface area contributed by atoms with Gasteiger partial charge < -0.3 is 0 Å². The second-order valence-electron chi connectivity index (χ2n) is 3.37. The van der Waals surface area contributed by atoms with Gasteiger partial charge in [0.25, 0.3) is 0 Å². The van der Waals surface area contributed by atoms with E-state index in [9.17, 15) is 0 Å². The molecule has 0 saturated carbocycles. The van der Waals surface area contributed by atoms with Crippen molar-refractivity contribution in [2.75, 3.05) is 0 Å². The second-order valence-corrected chi connectivity index (χ2v) is 4.22. The molecule has 1 aromatic rings. The maximum Gasteiger partial charge on any atom is 0.0638 e. The van der Waals surface area contributed by atoms with Crippen LogP contribution in [0.25, 0.3) is 6.08 Å². The van der Waals surface area contributed by atoms with Crippen molar-refractivity contribution in [1.82, 2.24) is 4.98 Å². The Kier molecular flexibility index (Phi) is 2.49. The zero-order valence-electron chi connectivity index (χ0n) is 7.52. The predicted octanol–water partition coefficient (Wildman–Crippen LogP) is 3.37. The monoisotopic (exact) mass is 237 g/mol. The van der Waals surface area contributed by atoms with E-state index in [-0.39, 0.29) is 0 Å². The molecule has 1 aliphatic carbocycles. The van der Waals surface area contributed by atoms with Crippen LogP contribution in [0, 0.1) is 0 Å². The van der Waals surface area contributed by atoms with Gasteiger partial charge in [0, 0.05) is 10.2 Å². The minimum Gasteiger partial charge on any atom is -0.253 e. The molecule has 0 fully saturated rings. The van der Waals surface area contributed by atoms with Gasteiger partial charge in [-0.3, -0.25) is 4.98 Å². The molecule has 13 heavy (non-hydrogen) atoms. The van der Waals surface area contributed by atoms with E-state index in [1.165, 1.54) is 35.0 Å². The van der Waals surface area contributed by atoms with Crippen LogP contribution in [-0.2, 0) is 12.8 Å². The summed E-state index contributed by atoms with van der Waals surface area (Å²) in [5, 5.41) is 0. The van der Waals surface area contributed by atoms with Gasteiger partial charge in [-0.2, -0.15) is 0 Å². The highest BCUT2D eigenvalue weighted by Gasteiger charge is 2.13. The third-order valence-electron chi connectivity index (χ3n) is 2.47. The van der Waals surface area contributed by atoms with Crippen LogP contribution in [0.1, 0.15) is 29.8 Å². The van der Waals surface area contributed by atoms with Gasteiger partial charge in [0.1, 0.15) is 0 Å². The lowest BCUT2D eigenvalue weighted by atomic mass is 9.96. The fourth-order valence-corrected chi connectivity index (χ4v) is 2.44. The Balaban J connectivity index is 2.52. The fraction of sp³-hybridized carbons (Fsp3) is 0.364. The van der Waals surface area contributed by atoms with Crippen LogP contribution in [0.2, 0.25) is 0 Å². The fourth-order valence-electron chi connectivity index (χ4n) is 1.78. The number of aryl methyl sites for hydroxylation is 1. The molecule has 1 nitrogen and oxygen atoms in total. The Bertz CT molecular complexity index is 344. The molecule has 68 valence electrons. The van der Waals surface area contributed by atoms with Crippen LogP contribution in [0.3, 0.4) is 0 Å². The van der Waals surface area contributed by atoms with Crippen molar-refractivity contribution >= 4 is 22.0 Å². The highest BCUT2D eigenvalue weighted by molar-refractivity contribution is 9.10. The Morgan fingerprint density at radius 1 is 1.38 bits per heavy atom. The first-order valence-corrected chi connectivity index (χ1v) is 5.41. The Hall–Kier alpha value is -0.630. The van der Waals surface area contributed by atoms with E-state index in [1.807, 2.05) is 0 Å². The number of rotatable bonds is 1. The maximum absolute atomic E-state index is 4.54. The average Bonchev–Trinajstić information content (AvgIpc) is 2.18. The maximum atomic E-state index is 4.54. The zero-order chi connectivity index (χ0) is 9.26. The first-order valence-electron chi connectivity index (χ1n) is 4.62. The predicted molar refractivity (Wildman–Crippen MR) is 58.7 cm³/mol. The topological polar surface area (TPSA) is 12.9 Å². The summed E-state index contributed by atoms with van der Waals surface area (Å²) in [5.41, 5.74) is 3.64. The van der Waals surface area contributed by atoms with Crippen LogP contribution in [0.5, 0.6) is 0 Å². The molecule has 1 heterocycles. The highest BCUT2D eigenvalue weighted by Crippen LogP contribution is 2.27. The van der Waals surface area contributed by atoms with E-state index >= 15 is 0 Å². The molecule has 1 aliphatic rings. The average molecular weight is 238 g/mol. The molecule has 2 rings (SSSR count). The minimum absolute atomic E-state index is 0.979. The summed E-state index contributed by atoms with van der Waals surface area (Å²) in [5.74, 6) is 0. The SMILES string of the molecule is C=Cc1cc(Br)c2c(n1)CCCC2. The molecule has 0 amide bonds. The third kappa shape index (κ3) is 1.68. The van der Waals surface area contributed by atoms with Gasteiger partial charge in [0.2, 0.25) is 0 Å². The summed E-state index contributed by atoms with van der Waals surface area (Å²) in [6.07, 6.45) is 6.66. The molecule has 0 radical (unpaired) electrons. The van der Waals surface area contributed by atoms with Gasteiger partial charge in [0.15, 0.2) is 0 Å². The molecule has 0 saturated heterocycles. The minimum atomic E-state index is 0.979. The molecule has 0 unspecified atom stereocenters. The van der Waals surface area contributed by atoms with Crippen molar-refractivity contribution in [1.29, 1.82) is 0 Å². The van der Waals surface area contributed by atoms with E-state index in [2.05, 4.69) is 33.6 Å². The van der Waals surface area contributed by atoms with Crippen LogP contribution >= 0.6 is 15.9 Å². The number of fused-ring (bicyclic) bond motifs is 1. The van der Waals surface area contributed by atoms with Crippen molar-refractivity contribution in [3.8, 4) is 0 Å². The van der Waals surface area contributed by atoms with Gasteiger partial charge in [-0.15, -0.1) is 0 Å². The Labute approximate surface area is 87.0 Å². The van der Waals surface area contributed by atoms with Gasteiger partial charge in [-0.1, -0.05) is 22.5 Å². The Morgan fingerprint density at radius 3 is 2.92 bits per heavy atom. The van der Waals surface area contributed by atoms with Crippen molar-refractivity contribution in [2.24, 2.45) is 0 Å². The molecule has 1 aromatic heterocycles. The van der Waals surface area contributed by atoms with Crippen molar-refractivity contribution < 1.29 is 0 Å². The first kappa shape index (κ1) is 8.95. The molecule has 0 atom stereocenters. The number of halogens is 1. The van der Waals surface area contributed by atoms with Gasteiger partial charge in [-0.25, -0.2) is 0 Å². The number of nitrogens with zero attached hydrogens (tertiary/aromatic N) is 1. The summed E-state index contributed by atoms with van der Waals surface area (Å²) in [6.45, 7) is 3.74. The quantitative estimate of drug-likeness (QED) is 0.730. The van der Waals surface area contributed by atoms with Gasteiger partial charge >= 0.3 is 0 Å². The van der Waals surface area contributed by atoms with Crippen LogP contribution in [0.15, 0.2) is 17.1 Å². The molecule has 0 spiro atoms. The lowest BCUT2D eigenvalue weighted by Gasteiger charge is -2.16. The summed E-state index contributed by atoms with van der Waals surface area (Å²) < 4.78 is 1.20. The normalized spacial score (nSPS) is 15.2.